The summed E-state index contributed by atoms with van der Waals surface area (Å²) < 4.78 is 11.4. The standard InChI is InChI=1S/C14H19BrN2O3/c15-12-3-1-2-11(8-12)9-13(10-20-14(16)18)17-4-6-19-7-5-17/h1-3,8,13H,4-7,9-10H2,(H2,16,18). The van der Waals surface area contributed by atoms with Gasteiger partial charge >= 0.3 is 6.09 Å². The molecule has 1 heterocycles. The third kappa shape index (κ3) is 4.77. The summed E-state index contributed by atoms with van der Waals surface area (Å²) in [6.45, 7) is 3.43. The molecule has 0 aromatic heterocycles. The molecule has 2 rings (SSSR count). The zero-order valence-electron chi connectivity index (χ0n) is 11.3. The van der Waals surface area contributed by atoms with Crippen LogP contribution in [0.25, 0.3) is 0 Å². The van der Waals surface area contributed by atoms with Crippen LogP contribution >= 0.6 is 15.9 Å². The van der Waals surface area contributed by atoms with E-state index in [0.29, 0.717) is 19.8 Å². The third-order valence-corrected chi connectivity index (χ3v) is 3.83. The number of rotatable bonds is 5. The van der Waals surface area contributed by atoms with Gasteiger partial charge in [0.2, 0.25) is 0 Å². The Labute approximate surface area is 127 Å². The van der Waals surface area contributed by atoms with Crippen molar-refractivity contribution in [1.82, 2.24) is 4.90 Å². The number of carbonyl (C=O) groups is 1. The lowest BCUT2D eigenvalue weighted by Gasteiger charge is -2.34. The Balaban J connectivity index is 2.02. The first kappa shape index (κ1) is 15.3. The topological polar surface area (TPSA) is 64.8 Å². The van der Waals surface area contributed by atoms with Crippen molar-refractivity contribution in [3.63, 3.8) is 0 Å². The second kappa shape index (κ2) is 7.61. The number of nitrogens with zero attached hydrogens (tertiary/aromatic N) is 1. The first-order valence-corrected chi connectivity index (χ1v) is 7.43. The third-order valence-electron chi connectivity index (χ3n) is 3.34. The molecule has 0 aliphatic carbocycles. The normalized spacial score (nSPS) is 17.6. The molecule has 1 amide bonds. The summed E-state index contributed by atoms with van der Waals surface area (Å²) in [5.41, 5.74) is 6.27. The summed E-state index contributed by atoms with van der Waals surface area (Å²) in [7, 11) is 0. The molecule has 1 fully saturated rings. The van der Waals surface area contributed by atoms with Crippen LogP contribution in [0.5, 0.6) is 0 Å². The smallest absolute Gasteiger partial charge is 0.404 e. The van der Waals surface area contributed by atoms with Gasteiger partial charge < -0.3 is 15.2 Å². The highest BCUT2D eigenvalue weighted by Crippen LogP contribution is 2.16. The average Bonchev–Trinajstić information content (AvgIpc) is 2.44. The summed E-state index contributed by atoms with van der Waals surface area (Å²) in [5.74, 6) is 0. The van der Waals surface area contributed by atoms with Crippen molar-refractivity contribution in [1.29, 1.82) is 0 Å². The van der Waals surface area contributed by atoms with Crippen molar-refractivity contribution in [3.8, 4) is 0 Å². The van der Waals surface area contributed by atoms with E-state index in [-0.39, 0.29) is 6.04 Å². The van der Waals surface area contributed by atoms with Gasteiger partial charge in [-0.15, -0.1) is 0 Å². The largest absolute Gasteiger partial charge is 0.448 e. The summed E-state index contributed by atoms with van der Waals surface area (Å²) >= 11 is 3.47. The fourth-order valence-electron chi connectivity index (χ4n) is 2.35. The average molecular weight is 343 g/mol. The molecule has 1 saturated heterocycles. The Morgan fingerprint density at radius 1 is 1.45 bits per heavy atom. The van der Waals surface area contributed by atoms with Gasteiger partial charge in [0.05, 0.1) is 13.2 Å². The van der Waals surface area contributed by atoms with E-state index in [1.165, 1.54) is 5.56 Å². The Hall–Kier alpha value is -1.11. The van der Waals surface area contributed by atoms with Gasteiger partial charge in [0.1, 0.15) is 6.61 Å². The molecule has 0 bridgehead atoms. The number of amides is 1. The van der Waals surface area contributed by atoms with Gasteiger partial charge in [-0.25, -0.2) is 4.79 Å². The number of nitrogens with two attached hydrogens (primary N) is 1. The van der Waals surface area contributed by atoms with Crippen LogP contribution in [0.15, 0.2) is 28.7 Å². The van der Waals surface area contributed by atoms with E-state index in [1.807, 2.05) is 12.1 Å². The minimum absolute atomic E-state index is 0.126. The minimum Gasteiger partial charge on any atom is -0.448 e. The van der Waals surface area contributed by atoms with E-state index < -0.39 is 6.09 Å². The van der Waals surface area contributed by atoms with E-state index in [0.717, 1.165) is 24.0 Å². The molecule has 6 heteroatoms. The molecule has 0 radical (unpaired) electrons. The number of primary amides is 1. The lowest BCUT2D eigenvalue weighted by molar-refractivity contribution is 0.00116. The first-order chi connectivity index (χ1) is 9.65. The van der Waals surface area contributed by atoms with Gasteiger partial charge in [-0.05, 0) is 24.1 Å². The highest BCUT2D eigenvalue weighted by Gasteiger charge is 2.22. The van der Waals surface area contributed by atoms with Gasteiger partial charge in [0.25, 0.3) is 0 Å². The predicted molar refractivity (Wildman–Crippen MR) is 79.6 cm³/mol. The molecule has 1 aromatic carbocycles. The van der Waals surface area contributed by atoms with Gasteiger partial charge in [0.15, 0.2) is 0 Å². The van der Waals surface area contributed by atoms with Crippen LogP contribution in [0, 0.1) is 0 Å². The van der Waals surface area contributed by atoms with E-state index in [4.69, 9.17) is 15.2 Å². The van der Waals surface area contributed by atoms with Crippen molar-refractivity contribution in [3.05, 3.63) is 34.3 Å². The Bertz CT molecular complexity index is 450. The highest BCUT2D eigenvalue weighted by atomic mass is 79.9. The Kier molecular flexibility index (Phi) is 5.82. The Morgan fingerprint density at radius 3 is 2.85 bits per heavy atom. The highest BCUT2D eigenvalue weighted by molar-refractivity contribution is 9.10. The summed E-state index contributed by atoms with van der Waals surface area (Å²) in [6.07, 6.45) is 0.0877. The number of hydrogen-bond acceptors (Lipinski definition) is 4. The molecule has 0 saturated carbocycles. The van der Waals surface area contributed by atoms with E-state index in [1.54, 1.807) is 0 Å². The van der Waals surface area contributed by atoms with Crippen LogP contribution in [-0.4, -0.2) is 49.9 Å². The molecule has 1 aromatic rings. The number of carbonyl (C=O) groups excluding carboxylic acids is 1. The second-order valence-corrected chi connectivity index (χ2v) is 5.68. The maximum Gasteiger partial charge on any atom is 0.404 e. The lowest BCUT2D eigenvalue weighted by atomic mass is 10.0. The SMILES string of the molecule is NC(=O)OCC(Cc1cccc(Br)c1)N1CCOCC1. The minimum atomic E-state index is -0.725. The van der Waals surface area contributed by atoms with Crippen LogP contribution in [-0.2, 0) is 15.9 Å². The van der Waals surface area contributed by atoms with Crippen molar-refractivity contribution < 1.29 is 14.3 Å². The van der Waals surface area contributed by atoms with Crippen molar-refractivity contribution in [2.24, 2.45) is 5.73 Å². The van der Waals surface area contributed by atoms with Crippen molar-refractivity contribution in [2.75, 3.05) is 32.9 Å². The molecule has 1 atom stereocenters. The zero-order chi connectivity index (χ0) is 14.4. The van der Waals surface area contributed by atoms with Crippen molar-refractivity contribution in [2.45, 2.75) is 12.5 Å². The molecule has 1 unspecified atom stereocenters. The molecule has 20 heavy (non-hydrogen) atoms. The number of morpholine rings is 1. The van der Waals surface area contributed by atoms with Crippen molar-refractivity contribution >= 4 is 22.0 Å². The summed E-state index contributed by atoms with van der Waals surface area (Å²) in [4.78, 5) is 13.1. The molecule has 5 nitrogen and oxygen atoms in total. The first-order valence-electron chi connectivity index (χ1n) is 6.63. The number of halogens is 1. The van der Waals surface area contributed by atoms with Crippen LogP contribution in [0.2, 0.25) is 0 Å². The Morgan fingerprint density at radius 2 is 2.20 bits per heavy atom. The molecular weight excluding hydrogens is 324 g/mol. The van der Waals surface area contributed by atoms with Gasteiger partial charge in [-0.3, -0.25) is 4.90 Å². The second-order valence-electron chi connectivity index (χ2n) is 4.77. The van der Waals surface area contributed by atoms with E-state index >= 15 is 0 Å². The summed E-state index contributed by atoms with van der Waals surface area (Å²) in [5, 5.41) is 0. The maximum absolute atomic E-state index is 10.8. The van der Waals surface area contributed by atoms with Gasteiger partial charge in [0, 0.05) is 23.6 Å². The quantitative estimate of drug-likeness (QED) is 0.885. The molecule has 1 aliphatic heterocycles. The van der Waals surface area contributed by atoms with Gasteiger partial charge in [-0.1, -0.05) is 28.1 Å². The molecule has 110 valence electrons. The van der Waals surface area contributed by atoms with Crippen LogP contribution in [0.3, 0.4) is 0 Å². The monoisotopic (exact) mass is 342 g/mol. The number of ether oxygens (including phenoxy) is 2. The van der Waals surface area contributed by atoms with Crippen LogP contribution in [0.1, 0.15) is 5.56 Å². The molecular formula is C14H19BrN2O3. The fraction of sp³-hybridized carbons (Fsp3) is 0.500. The zero-order valence-corrected chi connectivity index (χ0v) is 12.8. The number of benzene rings is 1. The number of hydrogen-bond donors (Lipinski definition) is 1. The predicted octanol–water partition coefficient (Wildman–Crippen LogP) is 1.79. The summed E-state index contributed by atoms with van der Waals surface area (Å²) in [6, 6.07) is 8.28. The van der Waals surface area contributed by atoms with E-state index in [2.05, 4.69) is 33.0 Å². The van der Waals surface area contributed by atoms with E-state index in [9.17, 15) is 4.79 Å². The molecule has 1 aliphatic rings. The lowest BCUT2D eigenvalue weighted by Crippen LogP contribution is -2.47. The molecule has 0 spiro atoms. The van der Waals surface area contributed by atoms with Crippen LogP contribution < -0.4 is 5.73 Å². The maximum atomic E-state index is 10.8. The fourth-order valence-corrected chi connectivity index (χ4v) is 2.80. The molecule has 2 N–H and O–H groups in total. The van der Waals surface area contributed by atoms with Crippen LogP contribution in [0.4, 0.5) is 4.79 Å². The van der Waals surface area contributed by atoms with Gasteiger partial charge in [-0.2, -0.15) is 0 Å².